The van der Waals surface area contributed by atoms with Crippen LogP contribution in [0.2, 0.25) is 0 Å². The molecule has 0 aromatic heterocycles. The van der Waals surface area contributed by atoms with Crippen molar-refractivity contribution in [3.8, 4) is 0 Å². The van der Waals surface area contributed by atoms with E-state index in [0.29, 0.717) is 65.0 Å². The van der Waals surface area contributed by atoms with Crippen molar-refractivity contribution >= 4 is 11.9 Å². The van der Waals surface area contributed by atoms with Crippen LogP contribution >= 0.6 is 0 Å². The highest BCUT2D eigenvalue weighted by atomic mass is 16.6. The number of hydrogen-bond acceptors (Lipinski definition) is 7. The summed E-state index contributed by atoms with van der Waals surface area (Å²) >= 11 is 0. The van der Waals surface area contributed by atoms with Crippen LogP contribution in [-0.4, -0.2) is 86.7 Å². The molecule has 330 valence electrons. The second-order valence-corrected chi connectivity index (χ2v) is 15.6. The van der Waals surface area contributed by atoms with Gasteiger partial charge in [-0.3, -0.25) is 9.59 Å². The maximum absolute atomic E-state index is 10.6. The van der Waals surface area contributed by atoms with Crippen molar-refractivity contribution in [1.29, 1.82) is 0 Å². The summed E-state index contributed by atoms with van der Waals surface area (Å²) in [5.74, 6) is -0.721. The van der Waals surface area contributed by atoms with Gasteiger partial charge in [0.1, 0.15) is 0 Å². The number of aliphatic carboxylic acids is 2. The first-order valence-corrected chi connectivity index (χ1v) is 23.2. The van der Waals surface area contributed by atoms with Gasteiger partial charge in [0.05, 0.1) is 52.9 Å². The van der Waals surface area contributed by atoms with E-state index in [9.17, 15) is 9.59 Å². The first-order chi connectivity index (χ1) is 27.6. The average molecular weight is 797 g/mol. The SMILES string of the molecule is O=C(O)CCCCCCC/C=C\CCCCCCCCCC(CCCCCCCC/C=C\CCCCCCCC(=O)O)COCCOCCOCCOCCO. The van der Waals surface area contributed by atoms with E-state index in [-0.39, 0.29) is 6.61 Å². The first-order valence-electron chi connectivity index (χ1n) is 23.2. The Bertz CT molecular complexity index is 863. The number of unbranched alkanes of at least 4 members (excludes halogenated alkanes) is 23. The number of aliphatic hydroxyl groups is 1. The van der Waals surface area contributed by atoms with Gasteiger partial charge in [-0.1, -0.05) is 133 Å². The van der Waals surface area contributed by atoms with Gasteiger partial charge in [0, 0.05) is 19.4 Å². The summed E-state index contributed by atoms with van der Waals surface area (Å²) in [6.07, 6.45) is 45.2. The molecule has 0 saturated heterocycles. The van der Waals surface area contributed by atoms with E-state index >= 15 is 0 Å². The fourth-order valence-corrected chi connectivity index (χ4v) is 6.88. The molecule has 9 nitrogen and oxygen atoms in total. The standard InChI is InChI=1S/C47H88O9/c48-36-37-53-38-39-54-40-41-55-42-43-56-44-45(33-29-25-21-17-13-9-5-3-7-11-15-19-23-27-31-35-47(51)52)32-28-24-20-16-12-8-4-1-2-6-10-14-18-22-26-30-34-46(49)50/h2-3,6-7,45,48H,1,4-5,8-44H2,(H,49,50)(H,51,52)/b6-2-,7-3-. The molecule has 1 unspecified atom stereocenters. The van der Waals surface area contributed by atoms with Gasteiger partial charge in [-0.05, 0) is 83.0 Å². The Kier molecular flexibility index (Phi) is 46.1. The predicted octanol–water partition coefficient (Wildman–Crippen LogP) is 12.0. The van der Waals surface area contributed by atoms with Crippen molar-refractivity contribution in [2.75, 3.05) is 59.5 Å². The van der Waals surface area contributed by atoms with Crippen molar-refractivity contribution in [3.05, 3.63) is 24.3 Å². The maximum atomic E-state index is 10.6. The number of rotatable bonds is 48. The van der Waals surface area contributed by atoms with E-state index in [0.717, 1.165) is 58.0 Å². The van der Waals surface area contributed by atoms with Gasteiger partial charge in [0.2, 0.25) is 0 Å². The van der Waals surface area contributed by atoms with Gasteiger partial charge in [-0.15, -0.1) is 0 Å². The highest BCUT2D eigenvalue weighted by molar-refractivity contribution is 5.66. The number of carboxylic acids is 2. The second kappa shape index (κ2) is 47.6. The van der Waals surface area contributed by atoms with Crippen LogP contribution in [0.15, 0.2) is 24.3 Å². The number of ether oxygens (including phenoxy) is 4. The third-order valence-electron chi connectivity index (χ3n) is 10.3. The fourth-order valence-electron chi connectivity index (χ4n) is 6.88. The van der Waals surface area contributed by atoms with Crippen molar-refractivity contribution < 1.29 is 43.9 Å². The summed E-state index contributed by atoms with van der Waals surface area (Å²) in [6.45, 7) is 4.55. The molecule has 0 heterocycles. The average Bonchev–Trinajstić information content (AvgIpc) is 3.18. The highest BCUT2D eigenvalue weighted by Gasteiger charge is 2.09. The molecule has 0 aliphatic rings. The van der Waals surface area contributed by atoms with Gasteiger partial charge in [-0.2, -0.15) is 0 Å². The molecular weight excluding hydrogens is 709 g/mol. The lowest BCUT2D eigenvalue weighted by atomic mass is 9.94. The van der Waals surface area contributed by atoms with Crippen LogP contribution in [0.1, 0.15) is 199 Å². The number of hydrogen-bond donors (Lipinski definition) is 3. The molecule has 56 heavy (non-hydrogen) atoms. The molecule has 0 aliphatic heterocycles. The van der Waals surface area contributed by atoms with Crippen LogP contribution in [0.4, 0.5) is 0 Å². The third-order valence-corrected chi connectivity index (χ3v) is 10.3. The molecule has 0 aromatic rings. The second-order valence-electron chi connectivity index (χ2n) is 15.6. The van der Waals surface area contributed by atoms with Crippen LogP contribution in [0.3, 0.4) is 0 Å². The lowest BCUT2D eigenvalue weighted by Gasteiger charge is -2.17. The van der Waals surface area contributed by atoms with Crippen molar-refractivity contribution in [3.63, 3.8) is 0 Å². The molecule has 0 rings (SSSR count). The monoisotopic (exact) mass is 797 g/mol. The van der Waals surface area contributed by atoms with Crippen LogP contribution in [0.25, 0.3) is 0 Å². The molecule has 0 aliphatic carbocycles. The van der Waals surface area contributed by atoms with Gasteiger partial charge in [-0.25, -0.2) is 0 Å². The van der Waals surface area contributed by atoms with Crippen LogP contribution in [0.5, 0.6) is 0 Å². The van der Waals surface area contributed by atoms with E-state index in [2.05, 4.69) is 24.3 Å². The van der Waals surface area contributed by atoms with Crippen molar-refractivity contribution in [1.82, 2.24) is 0 Å². The molecule has 0 fully saturated rings. The number of carboxylic acid groups (broad SMARTS) is 2. The van der Waals surface area contributed by atoms with E-state index in [1.165, 1.54) is 135 Å². The molecular formula is C47H88O9. The Morgan fingerprint density at radius 3 is 1.00 bits per heavy atom. The molecule has 0 saturated carbocycles. The fraction of sp³-hybridized carbons (Fsp3) is 0.872. The quantitative estimate of drug-likeness (QED) is 0.0407. The molecule has 1 atom stereocenters. The lowest BCUT2D eigenvalue weighted by Crippen LogP contribution is -2.15. The lowest BCUT2D eigenvalue weighted by molar-refractivity contribution is -0.138. The minimum atomic E-state index is -0.679. The summed E-state index contributed by atoms with van der Waals surface area (Å²) in [5, 5.41) is 26.1. The van der Waals surface area contributed by atoms with E-state index in [4.69, 9.17) is 34.3 Å². The van der Waals surface area contributed by atoms with Crippen LogP contribution < -0.4 is 0 Å². The zero-order chi connectivity index (χ0) is 40.7. The number of aliphatic hydroxyl groups excluding tert-OH is 1. The zero-order valence-electron chi connectivity index (χ0n) is 36.0. The largest absolute Gasteiger partial charge is 0.481 e. The van der Waals surface area contributed by atoms with Crippen molar-refractivity contribution in [2.45, 2.75) is 199 Å². The highest BCUT2D eigenvalue weighted by Crippen LogP contribution is 2.20. The summed E-state index contributed by atoms with van der Waals surface area (Å²) in [6, 6.07) is 0. The molecule has 0 aromatic carbocycles. The molecule has 0 amide bonds. The first kappa shape index (κ1) is 54.2. The zero-order valence-corrected chi connectivity index (χ0v) is 36.0. The molecule has 0 spiro atoms. The van der Waals surface area contributed by atoms with Gasteiger partial charge < -0.3 is 34.3 Å². The summed E-state index contributed by atoms with van der Waals surface area (Å²) < 4.78 is 22.4. The Morgan fingerprint density at radius 1 is 0.375 bits per heavy atom. The minimum Gasteiger partial charge on any atom is -0.481 e. The van der Waals surface area contributed by atoms with E-state index in [1.807, 2.05) is 0 Å². The van der Waals surface area contributed by atoms with Gasteiger partial charge in [0.25, 0.3) is 0 Å². The smallest absolute Gasteiger partial charge is 0.303 e. The Morgan fingerprint density at radius 2 is 0.661 bits per heavy atom. The molecule has 0 bridgehead atoms. The van der Waals surface area contributed by atoms with Gasteiger partial charge >= 0.3 is 11.9 Å². The summed E-state index contributed by atoms with van der Waals surface area (Å²) in [5.41, 5.74) is 0. The Labute approximate surface area is 343 Å². The van der Waals surface area contributed by atoms with Crippen molar-refractivity contribution in [2.24, 2.45) is 5.92 Å². The molecule has 3 N–H and O–H groups in total. The normalized spacial score (nSPS) is 12.4. The minimum absolute atomic E-state index is 0.0379. The third kappa shape index (κ3) is 48.4. The number of carbonyl (C=O) groups is 2. The van der Waals surface area contributed by atoms with Crippen LogP contribution in [0, 0.1) is 5.92 Å². The molecule has 0 radical (unpaired) electrons. The predicted molar refractivity (Wildman–Crippen MR) is 231 cm³/mol. The number of allylic oxidation sites excluding steroid dienone is 4. The maximum Gasteiger partial charge on any atom is 0.303 e. The van der Waals surface area contributed by atoms with E-state index in [1.54, 1.807) is 0 Å². The summed E-state index contributed by atoms with van der Waals surface area (Å²) in [7, 11) is 0. The Balaban J connectivity index is 4.00. The van der Waals surface area contributed by atoms with Gasteiger partial charge in [0.15, 0.2) is 0 Å². The van der Waals surface area contributed by atoms with E-state index < -0.39 is 11.9 Å². The summed E-state index contributed by atoms with van der Waals surface area (Å²) in [4.78, 5) is 21.1. The Hall–Kier alpha value is -1.78. The topological polar surface area (TPSA) is 132 Å². The van der Waals surface area contributed by atoms with Crippen LogP contribution in [-0.2, 0) is 28.5 Å². The molecule has 9 heteroatoms.